The molecule has 0 aromatic heterocycles. The van der Waals surface area contributed by atoms with Crippen LogP contribution in [0.3, 0.4) is 0 Å². The average molecular weight is 725 g/mol. The maximum absolute atomic E-state index is 14.3. The van der Waals surface area contributed by atoms with E-state index in [0.717, 1.165) is 0 Å². The van der Waals surface area contributed by atoms with Crippen LogP contribution in [-0.2, 0) is 19.6 Å². The minimum atomic E-state index is -9.21. The predicted octanol–water partition coefficient (Wildman–Crippen LogP) is 7.30. The lowest BCUT2D eigenvalue weighted by molar-refractivity contribution is -0.458. The van der Waals surface area contributed by atoms with Crippen molar-refractivity contribution in [2.75, 3.05) is 13.7 Å². The molecule has 0 aliphatic rings. The Hall–Kier alpha value is -2.51. The highest BCUT2D eigenvalue weighted by Gasteiger charge is 2.96. The van der Waals surface area contributed by atoms with E-state index in [4.69, 9.17) is 0 Å². The molecule has 0 N–H and O–H groups in total. The van der Waals surface area contributed by atoms with E-state index in [2.05, 4.69) is 4.74 Å². The van der Waals surface area contributed by atoms with Crippen molar-refractivity contribution in [2.24, 2.45) is 0 Å². The summed E-state index contributed by atoms with van der Waals surface area (Å²) in [7, 11) is -9.53. The lowest BCUT2D eigenvalue weighted by Crippen LogP contribution is -2.75. The molecule has 27 heteroatoms. The van der Waals surface area contributed by atoms with Gasteiger partial charge in [-0.25, -0.2) is 9.10 Å². The second kappa shape index (κ2) is 11.7. The Labute approximate surface area is 229 Å². The fourth-order valence-electron chi connectivity index (χ4n) is 2.44. The van der Waals surface area contributed by atoms with Crippen LogP contribution in [0.1, 0.15) is 19.8 Å². The fourth-order valence-corrected chi connectivity index (χ4v) is 3.54. The molecule has 0 aliphatic carbocycles. The Kier molecular flexibility index (Phi) is 11.0. The quantitative estimate of drug-likeness (QED) is 0.0658. The maximum Gasteiger partial charge on any atom is 0.460 e. The molecule has 0 unspecified atom stereocenters. The normalized spacial score (nSPS) is 16.1. The Morgan fingerprint density at radius 2 is 0.977 bits per heavy atom. The molecule has 0 aromatic rings. The zero-order valence-electron chi connectivity index (χ0n) is 20.5. The molecular weight excluding hydrogens is 713 g/mol. The van der Waals surface area contributed by atoms with Crippen molar-refractivity contribution < 1.29 is 110 Å². The first-order chi connectivity index (χ1) is 18.9. The molecule has 0 saturated heterocycles. The van der Waals surface area contributed by atoms with Gasteiger partial charge in [-0.15, -0.1) is 0 Å². The highest BCUT2D eigenvalue weighted by atomic mass is 32.2. The summed E-state index contributed by atoms with van der Waals surface area (Å²) < 4.78 is 306. The second-order valence-electron chi connectivity index (χ2n) is 8.09. The van der Waals surface area contributed by atoms with Gasteiger partial charge in [-0.05, 0) is 6.42 Å². The number of carbonyl (C=O) groups is 1. The van der Waals surface area contributed by atoms with E-state index in [1.165, 1.54) is 6.92 Å². The van der Waals surface area contributed by atoms with Crippen LogP contribution >= 0.6 is 0 Å². The molecule has 0 rings (SSSR count). The number of alkyl halides is 20. The van der Waals surface area contributed by atoms with Gasteiger partial charge >= 0.3 is 69.1 Å². The minimum Gasteiger partial charge on any atom is -0.462 e. The van der Waals surface area contributed by atoms with Crippen LogP contribution < -0.4 is 0 Å². The number of nitrogens with zero attached hydrogens (tertiary/aromatic N) is 1. The molecule has 0 aromatic carbocycles. The molecule has 262 valence electrons. The zero-order chi connectivity index (χ0) is 36.1. The van der Waals surface area contributed by atoms with Crippen LogP contribution in [0.5, 0.6) is 0 Å². The van der Waals surface area contributed by atoms with E-state index in [-0.39, 0.29) is 12.8 Å². The van der Waals surface area contributed by atoms with Gasteiger partial charge < -0.3 is 4.74 Å². The molecule has 0 radical (unpaired) electrons. The molecule has 5 nitrogen and oxygen atoms in total. The number of halogens is 21. The van der Waals surface area contributed by atoms with Gasteiger partial charge in [-0.2, -0.15) is 101 Å². The van der Waals surface area contributed by atoms with Crippen LogP contribution in [0.2, 0.25) is 0 Å². The summed E-state index contributed by atoms with van der Waals surface area (Å²) in [6, 6.07) is 0. The van der Waals surface area contributed by atoms with Crippen molar-refractivity contribution in [2.45, 2.75) is 72.9 Å². The highest BCUT2D eigenvalue weighted by molar-refractivity contribution is 7.90. The van der Waals surface area contributed by atoms with E-state index in [9.17, 15) is 105 Å². The Bertz CT molecular complexity index is 1200. The molecule has 0 atom stereocenters. The molecule has 0 heterocycles. The monoisotopic (exact) mass is 725 g/mol. The van der Waals surface area contributed by atoms with E-state index in [1.54, 1.807) is 0 Å². The smallest absolute Gasteiger partial charge is 0.460 e. The van der Waals surface area contributed by atoms with E-state index in [0.29, 0.717) is 0 Å². The maximum atomic E-state index is 14.3. The van der Waals surface area contributed by atoms with Gasteiger partial charge in [0.15, 0.2) is 5.57 Å². The first-order valence-corrected chi connectivity index (χ1v) is 11.7. The van der Waals surface area contributed by atoms with Crippen molar-refractivity contribution in [3.05, 3.63) is 11.5 Å². The van der Waals surface area contributed by atoms with Crippen molar-refractivity contribution in [3.63, 3.8) is 0 Å². The van der Waals surface area contributed by atoms with Gasteiger partial charge in [0.2, 0.25) is 5.95 Å². The molecule has 0 aliphatic heterocycles. The molecule has 0 spiro atoms. The van der Waals surface area contributed by atoms with Gasteiger partial charge in [0.05, 0.1) is 6.61 Å². The van der Waals surface area contributed by atoms with Gasteiger partial charge in [0.25, 0.3) is 0 Å². The van der Waals surface area contributed by atoms with Crippen molar-refractivity contribution in [1.29, 1.82) is 0 Å². The number of rotatable bonds is 13. The van der Waals surface area contributed by atoms with Crippen LogP contribution in [-0.4, -0.2) is 85.5 Å². The minimum absolute atomic E-state index is 0.0219. The van der Waals surface area contributed by atoms with Gasteiger partial charge in [-0.3, -0.25) is 0 Å². The van der Waals surface area contributed by atoms with E-state index < -0.39 is 98.6 Å². The number of esters is 1. The van der Waals surface area contributed by atoms with Crippen molar-refractivity contribution >= 4 is 16.0 Å². The number of sulfonamides is 1. The summed E-state index contributed by atoms with van der Waals surface area (Å²) in [5, 5.41) is -8.36. The van der Waals surface area contributed by atoms with Crippen LogP contribution in [0.25, 0.3) is 0 Å². The molecule has 0 saturated carbocycles. The Morgan fingerprint density at radius 1 is 0.636 bits per heavy atom. The van der Waals surface area contributed by atoms with Crippen LogP contribution in [0, 0.1) is 0 Å². The number of hydrogen-bond donors (Lipinski definition) is 0. The predicted molar refractivity (Wildman–Crippen MR) is 97.4 cm³/mol. The van der Waals surface area contributed by atoms with Crippen LogP contribution in [0.4, 0.5) is 92.2 Å². The highest BCUT2D eigenvalue weighted by Crippen LogP contribution is 2.64. The topological polar surface area (TPSA) is 63.7 Å². The third-order valence-electron chi connectivity index (χ3n) is 5.08. The van der Waals surface area contributed by atoms with E-state index >= 15 is 0 Å². The zero-order valence-corrected chi connectivity index (χ0v) is 21.4. The summed E-state index contributed by atoms with van der Waals surface area (Å²) in [6.45, 7) is 0.246. The average Bonchev–Trinajstić information content (AvgIpc) is 2.81. The molecular formula is C17H12F21NO4S. The number of carbonyl (C=O) groups excluding carboxylic acids is 1. The van der Waals surface area contributed by atoms with Gasteiger partial charge in [0, 0.05) is 7.05 Å². The van der Waals surface area contributed by atoms with E-state index in [1.807, 2.05) is 0 Å². The molecule has 0 bridgehead atoms. The second-order valence-corrected chi connectivity index (χ2v) is 10.1. The number of hydrogen-bond acceptors (Lipinski definition) is 4. The third kappa shape index (κ3) is 6.03. The lowest BCUT2D eigenvalue weighted by atomic mass is 9.91. The first-order valence-electron chi connectivity index (χ1n) is 10.3. The van der Waals surface area contributed by atoms with Gasteiger partial charge in [-0.1, -0.05) is 13.3 Å². The first kappa shape index (κ1) is 41.5. The summed E-state index contributed by atoms with van der Waals surface area (Å²) in [6.07, 6.45) is -14.9. The lowest BCUT2D eigenvalue weighted by Gasteiger charge is -2.42. The summed E-state index contributed by atoms with van der Waals surface area (Å²) in [5.74, 6) is -60.8. The van der Waals surface area contributed by atoms with Crippen LogP contribution in [0.15, 0.2) is 11.5 Å². The van der Waals surface area contributed by atoms with Crippen molar-refractivity contribution in [1.82, 2.24) is 4.31 Å². The SMILES string of the molecule is CCCCOC(=O)C(=C(F)N(C)S(=O)(=O)C(F)(F)C(F)(F)C(F)(F)C(F)(F)C(F)(F)C(F)(F)C(F)(F)C(F)(F)F)C(F)(F)F. The number of ether oxygens (including phenoxy) is 1. The molecule has 0 amide bonds. The summed E-state index contributed by atoms with van der Waals surface area (Å²) in [4.78, 5) is 11.5. The van der Waals surface area contributed by atoms with Crippen molar-refractivity contribution in [3.8, 4) is 0 Å². The standard InChI is InChI=1S/C17H12F21NO4S/c1-3-4-5-43-8(40)6(9(19,20)21)7(18)39(2)44(41,42)17(37,38)15(32,33)13(28,29)11(24,25)10(22,23)12(26,27)14(30,31)16(34,35)36/h3-5H2,1-2H3. The fraction of sp³-hybridized carbons (Fsp3) is 0.824. The Balaban J connectivity index is 7.28. The summed E-state index contributed by atoms with van der Waals surface area (Å²) in [5.41, 5.74) is -3.60. The summed E-state index contributed by atoms with van der Waals surface area (Å²) >= 11 is 0. The largest absolute Gasteiger partial charge is 0.462 e. The Morgan fingerprint density at radius 3 is 1.30 bits per heavy atom. The molecule has 0 fully saturated rings. The molecule has 44 heavy (non-hydrogen) atoms. The van der Waals surface area contributed by atoms with Gasteiger partial charge in [0.1, 0.15) is 0 Å². The number of unbranched alkanes of at least 4 members (excludes halogenated alkanes) is 1. The third-order valence-corrected chi connectivity index (χ3v) is 6.86.